The van der Waals surface area contributed by atoms with Gasteiger partial charge in [0.25, 0.3) is 0 Å². The molecule has 0 spiro atoms. The standard InChI is InChI=1S/C15H19NO3/c1-19-15(18)13-9-5-6-10-16(13)14(17)11-12-7-3-2-4-8-12/h2-4,7-8,13H,5-6,9-11H2,1H3. The molecule has 1 aromatic rings. The summed E-state index contributed by atoms with van der Waals surface area (Å²) in [7, 11) is 1.37. The number of hydrogen-bond acceptors (Lipinski definition) is 3. The molecule has 19 heavy (non-hydrogen) atoms. The minimum atomic E-state index is -0.407. The molecule has 1 heterocycles. The van der Waals surface area contributed by atoms with Crippen LogP contribution in [0.3, 0.4) is 0 Å². The van der Waals surface area contributed by atoms with Gasteiger partial charge in [0.2, 0.25) is 5.91 Å². The molecule has 0 radical (unpaired) electrons. The van der Waals surface area contributed by atoms with Crippen molar-refractivity contribution in [3.63, 3.8) is 0 Å². The fourth-order valence-corrected chi connectivity index (χ4v) is 2.48. The van der Waals surface area contributed by atoms with Crippen LogP contribution in [0.1, 0.15) is 24.8 Å². The molecule has 1 fully saturated rings. The van der Waals surface area contributed by atoms with Crippen LogP contribution in [0.25, 0.3) is 0 Å². The van der Waals surface area contributed by atoms with Gasteiger partial charge in [0.05, 0.1) is 13.5 Å². The summed E-state index contributed by atoms with van der Waals surface area (Å²) in [6, 6.07) is 9.19. The number of hydrogen-bond donors (Lipinski definition) is 0. The Hall–Kier alpha value is -1.84. The Morgan fingerprint density at radius 2 is 2.00 bits per heavy atom. The van der Waals surface area contributed by atoms with Crippen molar-refractivity contribution < 1.29 is 14.3 Å². The van der Waals surface area contributed by atoms with E-state index in [0.29, 0.717) is 19.4 Å². The molecule has 4 heteroatoms. The van der Waals surface area contributed by atoms with E-state index in [4.69, 9.17) is 4.74 Å². The van der Waals surface area contributed by atoms with Gasteiger partial charge in [-0.05, 0) is 24.8 Å². The Labute approximate surface area is 113 Å². The largest absolute Gasteiger partial charge is 0.467 e. The summed E-state index contributed by atoms with van der Waals surface area (Å²) < 4.78 is 4.79. The molecule has 4 nitrogen and oxygen atoms in total. The Bertz CT molecular complexity index is 444. The number of methoxy groups -OCH3 is 1. The van der Waals surface area contributed by atoms with Crippen LogP contribution in [0.15, 0.2) is 30.3 Å². The third kappa shape index (κ3) is 3.34. The zero-order valence-electron chi connectivity index (χ0n) is 11.2. The van der Waals surface area contributed by atoms with E-state index in [1.54, 1.807) is 4.90 Å². The van der Waals surface area contributed by atoms with Crippen LogP contribution in [0.2, 0.25) is 0 Å². The second-order valence-electron chi connectivity index (χ2n) is 4.78. The molecule has 1 aliphatic heterocycles. The fourth-order valence-electron chi connectivity index (χ4n) is 2.48. The van der Waals surface area contributed by atoms with Crippen molar-refractivity contribution in [2.45, 2.75) is 31.7 Å². The topological polar surface area (TPSA) is 46.6 Å². The SMILES string of the molecule is COC(=O)C1CCCCN1C(=O)Cc1ccccc1. The van der Waals surface area contributed by atoms with Gasteiger partial charge in [0, 0.05) is 6.54 Å². The lowest BCUT2D eigenvalue weighted by Gasteiger charge is -2.33. The first-order valence-electron chi connectivity index (χ1n) is 6.63. The van der Waals surface area contributed by atoms with Gasteiger partial charge in [-0.2, -0.15) is 0 Å². The maximum Gasteiger partial charge on any atom is 0.328 e. The molecule has 1 saturated heterocycles. The summed E-state index contributed by atoms with van der Waals surface area (Å²) in [6.07, 6.45) is 2.96. The monoisotopic (exact) mass is 261 g/mol. The first-order chi connectivity index (χ1) is 9.22. The number of nitrogens with zero attached hydrogens (tertiary/aromatic N) is 1. The normalized spacial score (nSPS) is 19.0. The molecule has 1 amide bonds. The number of esters is 1. The minimum absolute atomic E-state index is 0.00120. The van der Waals surface area contributed by atoms with Gasteiger partial charge in [-0.3, -0.25) is 4.79 Å². The van der Waals surface area contributed by atoms with Crippen molar-refractivity contribution in [3.05, 3.63) is 35.9 Å². The van der Waals surface area contributed by atoms with Crippen molar-refractivity contribution in [1.29, 1.82) is 0 Å². The lowest BCUT2D eigenvalue weighted by molar-refractivity contribution is -0.154. The van der Waals surface area contributed by atoms with Crippen LogP contribution >= 0.6 is 0 Å². The van der Waals surface area contributed by atoms with Gasteiger partial charge >= 0.3 is 5.97 Å². The smallest absolute Gasteiger partial charge is 0.328 e. The van der Waals surface area contributed by atoms with Crippen molar-refractivity contribution in [2.24, 2.45) is 0 Å². The molecule has 0 N–H and O–H groups in total. The van der Waals surface area contributed by atoms with Crippen LogP contribution < -0.4 is 0 Å². The van der Waals surface area contributed by atoms with Crippen molar-refractivity contribution in [1.82, 2.24) is 4.90 Å². The maximum atomic E-state index is 12.3. The first kappa shape index (κ1) is 13.6. The molecule has 0 bridgehead atoms. The first-order valence-corrected chi connectivity index (χ1v) is 6.63. The fraction of sp³-hybridized carbons (Fsp3) is 0.467. The Morgan fingerprint density at radius 3 is 2.68 bits per heavy atom. The van der Waals surface area contributed by atoms with Gasteiger partial charge in [-0.1, -0.05) is 30.3 Å². The van der Waals surface area contributed by atoms with Gasteiger partial charge in [-0.15, -0.1) is 0 Å². The predicted molar refractivity (Wildman–Crippen MR) is 71.5 cm³/mol. The zero-order valence-corrected chi connectivity index (χ0v) is 11.2. The maximum absolute atomic E-state index is 12.3. The Balaban J connectivity index is 2.05. The highest BCUT2D eigenvalue weighted by Crippen LogP contribution is 2.19. The van der Waals surface area contributed by atoms with E-state index < -0.39 is 6.04 Å². The number of amides is 1. The summed E-state index contributed by atoms with van der Waals surface area (Å²) in [5, 5.41) is 0. The Morgan fingerprint density at radius 1 is 1.26 bits per heavy atom. The molecular formula is C15H19NO3. The average Bonchev–Trinajstić information content (AvgIpc) is 2.47. The van der Waals surface area contributed by atoms with E-state index in [2.05, 4.69) is 0 Å². The predicted octanol–water partition coefficient (Wildman–Crippen LogP) is 1.78. The highest BCUT2D eigenvalue weighted by atomic mass is 16.5. The lowest BCUT2D eigenvalue weighted by Crippen LogP contribution is -2.49. The lowest BCUT2D eigenvalue weighted by atomic mass is 10.0. The second kappa shape index (κ2) is 6.36. The molecule has 2 rings (SSSR count). The summed E-state index contributed by atoms with van der Waals surface area (Å²) >= 11 is 0. The molecule has 1 atom stereocenters. The van der Waals surface area contributed by atoms with E-state index in [1.165, 1.54) is 7.11 Å². The molecule has 1 aliphatic rings. The second-order valence-corrected chi connectivity index (χ2v) is 4.78. The molecule has 0 aromatic heterocycles. The van der Waals surface area contributed by atoms with Crippen LogP contribution in [0, 0.1) is 0 Å². The Kier molecular flexibility index (Phi) is 4.55. The van der Waals surface area contributed by atoms with E-state index in [-0.39, 0.29) is 11.9 Å². The molecule has 102 valence electrons. The highest BCUT2D eigenvalue weighted by Gasteiger charge is 2.32. The number of carbonyl (C=O) groups excluding carboxylic acids is 2. The third-order valence-corrected chi connectivity index (χ3v) is 3.49. The summed E-state index contributed by atoms with van der Waals surface area (Å²) in [5.74, 6) is -0.303. The van der Waals surface area contributed by atoms with Gasteiger partial charge in [-0.25, -0.2) is 4.79 Å². The van der Waals surface area contributed by atoms with Crippen LogP contribution in [-0.4, -0.2) is 36.5 Å². The van der Waals surface area contributed by atoms with E-state index in [1.807, 2.05) is 30.3 Å². The zero-order chi connectivity index (χ0) is 13.7. The van der Waals surface area contributed by atoms with Crippen molar-refractivity contribution in [3.8, 4) is 0 Å². The van der Waals surface area contributed by atoms with E-state index >= 15 is 0 Å². The number of rotatable bonds is 3. The van der Waals surface area contributed by atoms with E-state index in [9.17, 15) is 9.59 Å². The molecule has 0 aliphatic carbocycles. The van der Waals surface area contributed by atoms with E-state index in [0.717, 1.165) is 18.4 Å². The van der Waals surface area contributed by atoms with Crippen LogP contribution in [0.5, 0.6) is 0 Å². The van der Waals surface area contributed by atoms with Crippen LogP contribution in [-0.2, 0) is 20.7 Å². The van der Waals surface area contributed by atoms with Gasteiger partial charge < -0.3 is 9.64 Å². The summed E-state index contributed by atoms with van der Waals surface area (Å²) in [5.41, 5.74) is 0.974. The number of carbonyl (C=O) groups is 2. The molecule has 1 unspecified atom stereocenters. The van der Waals surface area contributed by atoms with Crippen molar-refractivity contribution >= 4 is 11.9 Å². The number of ether oxygens (including phenoxy) is 1. The number of piperidine rings is 1. The van der Waals surface area contributed by atoms with Gasteiger partial charge in [0.15, 0.2) is 0 Å². The molecular weight excluding hydrogens is 242 g/mol. The number of likely N-dealkylation sites (tertiary alicyclic amines) is 1. The minimum Gasteiger partial charge on any atom is -0.467 e. The van der Waals surface area contributed by atoms with Crippen LogP contribution in [0.4, 0.5) is 0 Å². The number of benzene rings is 1. The third-order valence-electron chi connectivity index (χ3n) is 3.49. The molecule has 0 saturated carbocycles. The highest BCUT2D eigenvalue weighted by molar-refractivity contribution is 5.85. The average molecular weight is 261 g/mol. The molecule has 1 aromatic carbocycles. The van der Waals surface area contributed by atoms with Gasteiger partial charge in [0.1, 0.15) is 6.04 Å². The quantitative estimate of drug-likeness (QED) is 0.779. The van der Waals surface area contributed by atoms with Crippen molar-refractivity contribution in [2.75, 3.05) is 13.7 Å². The summed E-state index contributed by atoms with van der Waals surface area (Å²) in [6.45, 7) is 0.644. The summed E-state index contributed by atoms with van der Waals surface area (Å²) in [4.78, 5) is 25.7.